The molecular formula is C25H38N4O5. The summed E-state index contributed by atoms with van der Waals surface area (Å²) >= 11 is 0. The van der Waals surface area contributed by atoms with Crippen LogP contribution >= 0.6 is 0 Å². The van der Waals surface area contributed by atoms with Crippen molar-refractivity contribution in [2.45, 2.75) is 77.9 Å². The van der Waals surface area contributed by atoms with E-state index in [-0.39, 0.29) is 31.1 Å². The summed E-state index contributed by atoms with van der Waals surface area (Å²) in [5.74, 6) is 0.313. The van der Waals surface area contributed by atoms with Crippen LogP contribution in [0, 0.1) is 11.8 Å². The van der Waals surface area contributed by atoms with Gasteiger partial charge in [0, 0.05) is 24.7 Å². The van der Waals surface area contributed by atoms with Crippen LogP contribution in [0.5, 0.6) is 0 Å². The van der Waals surface area contributed by atoms with Gasteiger partial charge in [-0.25, -0.2) is 14.6 Å². The number of amides is 2. The molecule has 34 heavy (non-hydrogen) atoms. The monoisotopic (exact) mass is 474 g/mol. The first-order valence-electron chi connectivity index (χ1n) is 12.1. The minimum atomic E-state index is -1.25. The fourth-order valence-electron chi connectivity index (χ4n) is 4.28. The van der Waals surface area contributed by atoms with Crippen LogP contribution < -0.4 is 16.0 Å². The van der Waals surface area contributed by atoms with E-state index >= 15 is 0 Å². The third kappa shape index (κ3) is 6.46. The minimum Gasteiger partial charge on any atom is -0.465 e. The van der Waals surface area contributed by atoms with Crippen LogP contribution in [0.1, 0.15) is 65.1 Å². The molecule has 0 saturated heterocycles. The highest BCUT2D eigenvalue weighted by Crippen LogP contribution is 2.37. The summed E-state index contributed by atoms with van der Waals surface area (Å²) < 4.78 is 10.5. The summed E-state index contributed by atoms with van der Waals surface area (Å²) in [7, 11) is 0. The van der Waals surface area contributed by atoms with E-state index in [4.69, 9.17) is 20.2 Å². The Morgan fingerprint density at radius 1 is 1.21 bits per heavy atom. The number of esters is 1. The largest absolute Gasteiger partial charge is 0.465 e. The highest BCUT2D eigenvalue weighted by Gasteiger charge is 2.37. The summed E-state index contributed by atoms with van der Waals surface area (Å²) in [4.78, 5) is 43.5. The van der Waals surface area contributed by atoms with Crippen LogP contribution in [0.15, 0.2) is 12.1 Å². The van der Waals surface area contributed by atoms with E-state index < -0.39 is 17.1 Å². The van der Waals surface area contributed by atoms with Crippen molar-refractivity contribution in [3.05, 3.63) is 23.4 Å². The molecule has 0 spiro atoms. The highest BCUT2D eigenvalue weighted by molar-refractivity contribution is 5.88. The van der Waals surface area contributed by atoms with E-state index in [9.17, 15) is 14.4 Å². The highest BCUT2D eigenvalue weighted by atomic mass is 16.6. The predicted molar refractivity (Wildman–Crippen MR) is 128 cm³/mol. The molecule has 1 aliphatic heterocycles. The van der Waals surface area contributed by atoms with Gasteiger partial charge in [0.05, 0.1) is 6.61 Å². The van der Waals surface area contributed by atoms with E-state index in [0.29, 0.717) is 18.3 Å². The number of aryl methyl sites for hydroxylation is 1. The Kier molecular flexibility index (Phi) is 7.85. The smallest absolute Gasteiger partial charge is 0.416 e. The molecule has 9 nitrogen and oxygen atoms in total. The second-order valence-electron chi connectivity index (χ2n) is 10.6. The van der Waals surface area contributed by atoms with Crippen molar-refractivity contribution in [2.24, 2.45) is 17.6 Å². The van der Waals surface area contributed by atoms with Gasteiger partial charge in [-0.15, -0.1) is 0 Å². The van der Waals surface area contributed by atoms with Gasteiger partial charge in [-0.2, -0.15) is 0 Å². The maximum atomic E-state index is 12.7. The second-order valence-corrected chi connectivity index (χ2v) is 10.6. The van der Waals surface area contributed by atoms with Crippen molar-refractivity contribution in [1.29, 1.82) is 0 Å². The Labute approximate surface area is 201 Å². The molecule has 0 aromatic carbocycles. The number of aromatic nitrogens is 1. The maximum Gasteiger partial charge on any atom is 0.416 e. The molecule has 2 heterocycles. The van der Waals surface area contributed by atoms with Crippen LogP contribution in [0.2, 0.25) is 0 Å². The fraction of sp³-hybridized carbons (Fsp3) is 0.680. The summed E-state index contributed by atoms with van der Waals surface area (Å²) in [5, 5.41) is 2.79. The van der Waals surface area contributed by atoms with Crippen molar-refractivity contribution in [2.75, 3.05) is 24.6 Å². The molecule has 0 radical (unpaired) electrons. The summed E-state index contributed by atoms with van der Waals surface area (Å²) in [5.41, 5.74) is 6.12. The number of hydrogen-bond donors (Lipinski definition) is 2. The van der Waals surface area contributed by atoms with Crippen LogP contribution in [-0.4, -0.2) is 53.8 Å². The summed E-state index contributed by atoms with van der Waals surface area (Å²) in [6.45, 7) is 9.71. The molecule has 3 N–H and O–H groups in total. The first kappa shape index (κ1) is 25.9. The van der Waals surface area contributed by atoms with Crippen molar-refractivity contribution in [3.63, 3.8) is 0 Å². The molecule has 188 valence electrons. The Bertz CT molecular complexity index is 918. The molecule has 2 amide bonds. The topological polar surface area (TPSA) is 124 Å². The molecule has 1 saturated carbocycles. The van der Waals surface area contributed by atoms with Crippen molar-refractivity contribution >= 4 is 23.8 Å². The molecular weight excluding hydrogens is 436 g/mol. The van der Waals surface area contributed by atoms with Gasteiger partial charge in [-0.05, 0) is 84.3 Å². The van der Waals surface area contributed by atoms with E-state index in [1.54, 1.807) is 18.7 Å². The number of hydrogen-bond acceptors (Lipinski definition) is 7. The lowest BCUT2D eigenvalue weighted by Crippen LogP contribution is -2.55. The standard InChI is InChI=1S/C25H38N4O5/c1-6-33-22(31)25(5,26)15-27-21(30)18-12-16(13-18)14-19-10-9-17-8-7-11-29(20(17)28-19)23(32)34-24(2,3)4/h9-10,16,18H,6-8,11-15,26H2,1-5H3,(H,27,30)/t16?,18?,25-/m1/s1. The third-order valence-corrected chi connectivity index (χ3v) is 6.19. The van der Waals surface area contributed by atoms with Crippen LogP contribution in [0.4, 0.5) is 10.6 Å². The van der Waals surface area contributed by atoms with Gasteiger partial charge in [0.1, 0.15) is 17.0 Å². The lowest BCUT2D eigenvalue weighted by atomic mass is 9.72. The lowest BCUT2D eigenvalue weighted by molar-refractivity contribution is -0.149. The number of pyridine rings is 1. The SMILES string of the molecule is CCOC(=O)[C@](C)(N)CNC(=O)C1CC(Cc2ccc3c(n2)N(C(=O)OC(C)(C)C)CCC3)C1. The Morgan fingerprint density at radius 3 is 2.56 bits per heavy atom. The van der Waals surface area contributed by atoms with Crippen molar-refractivity contribution < 1.29 is 23.9 Å². The molecule has 1 fully saturated rings. The average molecular weight is 475 g/mol. The summed E-state index contributed by atoms with van der Waals surface area (Å²) in [6, 6.07) is 4.07. The number of carbonyl (C=O) groups excluding carboxylic acids is 3. The van der Waals surface area contributed by atoms with E-state index in [0.717, 1.165) is 43.4 Å². The van der Waals surface area contributed by atoms with Crippen molar-refractivity contribution in [1.82, 2.24) is 10.3 Å². The number of nitrogens with zero attached hydrogens (tertiary/aromatic N) is 2. The molecule has 3 rings (SSSR count). The number of carbonyl (C=O) groups is 3. The molecule has 1 aliphatic carbocycles. The van der Waals surface area contributed by atoms with Gasteiger partial charge in [0.2, 0.25) is 5.91 Å². The van der Waals surface area contributed by atoms with Crippen LogP contribution in [-0.2, 0) is 31.9 Å². The molecule has 0 bridgehead atoms. The molecule has 1 aromatic rings. The lowest BCUT2D eigenvalue weighted by Gasteiger charge is -2.35. The number of nitrogens with two attached hydrogens (primary N) is 1. The number of ether oxygens (including phenoxy) is 2. The molecule has 9 heteroatoms. The molecule has 2 aliphatic rings. The first-order chi connectivity index (χ1) is 15.9. The number of fused-ring (bicyclic) bond motifs is 1. The predicted octanol–water partition coefficient (Wildman–Crippen LogP) is 2.73. The zero-order valence-corrected chi connectivity index (χ0v) is 21.0. The van der Waals surface area contributed by atoms with Gasteiger partial charge in [-0.1, -0.05) is 6.07 Å². The number of nitrogens with one attached hydrogen (secondary N) is 1. The second kappa shape index (κ2) is 10.3. The van der Waals surface area contributed by atoms with Gasteiger partial charge < -0.3 is 20.5 Å². The van der Waals surface area contributed by atoms with E-state index in [2.05, 4.69) is 11.4 Å². The maximum absolute atomic E-state index is 12.7. The van der Waals surface area contributed by atoms with Gasteiger partial charge in [0.15, 0.2) is 0 Å². The van der Waals surface area contributed by atoms with E-state index in [1.165, 1.54) is 0 Å². The molecule has 1 atom stereocenters. The fourth-order valence-corrected chi connectivity index (χ4v) is 4.28. The molecule has 1 aromatic heterocycles. The van der Waals surface area contributed by atoms with Crippen LogP contribution in [0.3, 0.4) is 0 Å². The zero-order valence-electron chi connectivity index (χ0n) is 21.0. The van der Waals surface area contributed by atoms with Gasteiger partial charge in [0.25, 0.3) is 0 Å². The Balaban J connectivity index is 1.53. The van der Waals surface area contributed by atoms with Gasteiger partial charge >= 0.3 is 12.1 Å². The van der Waals surface area contributed by atoms with Crippen LogP contribution in [0.25, 0.3) is 0 Å². The normalized spacial score (nSPS) is 21.5. The van der Waals surface area contributed by atoms with Crippen molar-refractivity contribution in [3.8, 4) is 0 Å². The summed E-state index contributed by atoms with van der Waals surface area (Å²) in [6.07, 6.45) is 3.65. The molecule has 0 unspecified atom stereocenters. The first-order valence-corrected chi connectivity index (χ1v) is 12.1. The minimum absolute atomic E-state index is 0.0404. The number of anilines is 1. The number of rotatable bonds is 7. The average Bonchev–Trinajstić information content (AvgIpc) is 2.72. The zero-order chi connectivity index (χ0) is 25.1. The Hall–Kier alpha value is -2.68. The van der Waals surface area contributed by atoms with E-state index in [1.807, 2.05) is 26.8 Å². The third-order valence-electron chi connectivity index (χ3n) is 6.19. The quantitative estimate of drug-likeness (QED) is 0.582. The van der Waals surface area contributed by atoms with Gasteiger partial charge in [-0.3, -0.25) is 9.69 Å². The Morgan fingerprint density at radius 2 is 1.91 bits per heavy atom.